The molecule has 2 rings (SSSR count). The molecule has 0 fully saturated rings. The first-order chi connectivity index (χ1) is 8.57. The van der Waals surface area contributed by atoms with Crippen LogP contribution in [0, 0.1) is 0 Å². The van der Waals surface area contributed by atoms with Gasteiger partial charge < -0.3 is 0 Å². The fourth-order valence-corrected chi connectivity index (χ4v) is 2.70. The second-order valence-electron chi connectivity index (χ2n) is 4.01. The molecule has 18 heavy (non-hydrogen) atoms. The third-order valence-electron chi connectivity index (χ3n) is 2.60. The summed E-state index contributed by atoms with van der Waals surface area (Å²) in [5, 5.41) is 3.98. The van der Waals surface area contributed by atoms with E-state index in [1.807, 2.05) is 18.2 Å². The minimum atomic E-state index is -3.32. The van der Waals surface area contributed by atoms with Gasteiger partial charge in [-0.3, -0.25) is 4.68 Å². The van der Waals surface area contributed by atoms with Crippen molar-refractivity contribution in [2.45, 2.75) is 12.3 Å². The molecule has 0 spiro atoms. The third-order valence-corrected chi connectivity index (χ3v) is 3.89. The number of aromatic nitrogens is 2. The van der Waals surface area contributed by atoms with E-state index < -0.39 is 10.0 Å². The topological polar surface area (TPSA) is 64.0 Å². The highest BCUT2D eigenvalue weighted by Crippen LogP contribution is 2.05. The van der Waals surface area contributed by atoms with Gasteiger partial charge in [0.15, 0.2) is 0 Å². The van der Waals surface area contributed by atoms with Gasteiger partial charge in [0.25, 0.3) is 0 Å². The van der Waals surface area contributed by atoms with Crippen molar-refractivity contribution in [1.82, 2.24) is 14.5 Å². The van der Waals surface area contributed by atoms with Crippen LogP contribution in [-0.2, 0) is 29.4 Å². The Hall–Kier alpha value is -1.66. The molecule has 0 saturated carbocycles. The van der Waals surface area contributed by atoms with E-state index in [4.69, 9.17) is 0 Å². The average Bonchev–Trinajstić information content (AvgIpc) is 2.73. The molecule has 1 aromatic heterocycles. The summed E-state index contributed by atoms with van der Waals surface area (Å²) in [6, 6.07) is 10.9. The van der Waals surface area contributed by atoms with E-state index >= 15 is 0 Å². The maximum absolute atomic E-state index is 11.9. The monoisotopic (exact) mass is 265 g/mol. The van der Waals surface area contributed by atoms with Gasteiger partial charge in [-0.25, -0.2) is 13.1 Å². The van der Waals surface area contributed by atoms with Crippen LogP contribution in [0.4, 0.5) is 0 Å². The molecule has 1 heterocycles. The highest BCUT2D eigenvalue weighted by atomic mass is 32.2. The van der Waals surface area contributed by atoms with Gasteiger partial charge in [0, 0.05) is 13.2 Å². The first-order valence-corrected chi connectivity index (χ1v) is 7.20. The van der Waals surface area contributed by atoms with E-state index in [-0.39, 0.29) is 12.3 Å². The van der Waals surface area contributed by atoms with E-state index in [9.17, 15) is 8.42 Å². The fraction of sp³-hybridized carbons (Fsp3) is 0.250. The Balaban J connectivity index is 1.98. The Morgan fingerprint density at radius 2 is 1.94 bits per heavy atom. The number of benzene rings is 1. The summed E-state index contributed by atoms with van der Waals surface area (Å²) in [4.78, 5) is 0. The Labute approximate surface area is 107 Å². The number of aryl methyl sites for hydroxylation is 1. The van der Waals surface area contributed by atoms with E-state index in [0.717, 1.165) is 11.3 Å². The van der Waals surface area contributed by atoms with Crippen molar-refractivity contribution in [1.29, 1.82) is 0 Å². The number of rotatable bonds is 5. The summed E-state index contributed by atoms with van der Waals surface area (Å²) in [6.45, 7) is 0.256. The Morgan fingerprint density at radius 1 is 1.22 bits per heavy atom. The number of hydrogen-bond acceptors (Lipinski definition) is 3. The highest BCUT2D eigenvalue weighted by molar-refractivity contribution is 7.88. The molecule has 0 amide bonds. The molecule has 96 valence electrons. The van der Waals surface area contributed by atoms with E-state index in [0.29, 0.717) is 0 Å². The van der Waals surface area contributed by atoms with Gasteiger partial charge in [-0.1, -0.05) is 30.3 Å². The van der Waals surface area contributed by atoms with Crippen LogP contribution in [0.3, 0.4) is 0 Å². The molecule has 0 atom stereocenters. The number of nitrogens with zero attached hydrogens (tertiary/aromatic N) is 2. The Bertz CT molecular complexity index is 605. The smallest absolute Gasteiger partial charge is 0.216 e. The highest BCUT2D eigenvalue weighted by Gasteiger charge is 2.11. The van der Waals surface area contributed by atoms with Crippen molar-refractivity contribution in [2.75, 3.05) is 0 Å². The molecule has 0 radical (unpaired) electrons. The largest absolute Gasteiger partial charge is 0.271 e. The van der Waals surface area contributed by atoms with Crippen molar-refractivity contribution < 1.29 is 8.42 Å². The summed E-state index contributed by atoms with van der Waals surface area (Å²) in [5.41, 5.74) is 1.60. The number of hydrogen-bond donors (Lipinski definition) is 1. The van der Waals surface area contributed by atoms with Gasteiger partial charge in [0.05, 0.1) is 18.0 Å². The minimum Gasteiger partial charge on any atom is -0.271 e. The van der Waals surface area contributed by atoms with Gasteiger partial charge in [0.2, 0.25) is 10.0 Å². The lowest BCUT2D eigenvalue weighted by Gasteiger charge is -2.07. The lowest BCUT2D eigenvalue weighted by Crippen LogP contribution is -2.25. The van der Waals surface area contributed by atoms with Crippen molar-refractivity contribution >= 4 is 10.0 Å². The van der Waals surface area contributed by atoms with Crippen LogP contribution in [0.1, 0.15) is 11.3 Å². The van der Waals surface area contributed by atoms with Crippen molar-refractivity contribution in [3.8, 4) is 0 Å². The number of nitrogens with one attached hydrogen (secondary N) is 1. The first kappa shape index (κ1) is 12.8. The van der Waals surface area contributed by atoms with Gasteiger partial charge in [-0.15, -0.1) is 0 Å². The fourth-order valence-electron chi connectivity index (χ4n) is 1.60. The Kier molecular flexibility index (Phi) is 3.78. The normalized spacial score (nSPS) is 11.6. The van der Waals surface area contributed by atoms with Crippen LogP contribution < -0.4 is 4.72 Å². The molecule has 5 nitrogen and oxygen atoms in total. The van der Waals surface area contributed by atoms with Gasteiger partial charge in [-0.05, 0) is 11.6 Å². The molecule has 0 aliphatic heterocycles. The molecule has 1 aromatic carbocycles. The molecule has 0 unspecified atom stereocenters. The molecule has 6 heteroatoms. The molecule has 1 N–H and O–H groups in total. The van der Waals surface area contributed by atoms with Crippen molar-refractivity contribution in [3.05, 3.63) is 53.9 Å². The van der Waals surface area contributed by atoms with Crippen LogP contribution in [-0.4, -0.2) is 18.2 Å². The predicted octanol–water partition coefficient (Wildman–Crippen LogP) is 1.04. The third kappa shape index (κ3) is 3.41. The van der Waals surface area contributed by atoms with Crippen LogP contribution in [0.25, 0.3) is 0 Å². The quantitative estimate of drug-likeness (QED) is 0.878. The van der Waals surface area contributed by atoms with Crippen LogP contribution in [0.5, 0.6) is 0 Å². The van der Waals surface area contributed by atoms with E-state index in [2.05, 4.69) is 9.82 Å². The van der Waals surface area contributed by atoms with E-state index in [1.165, 1.54) is 0 Å². The Morgan fingerprint density at radius 3 is 2.56 bits per heavy atom. The average molecular weight is 265 g/mol. The van der Waals surface area contributed by atoms with Crippen LogP contribution in [0.15, 0.2) is 42.6 Å². The maximum Gasteiger partial charge on any atom is 0.216 e. The predicted molar refractivity (Wildman–Crippen MR) is 69.1 cm³/mol. The summed E-state index contributed by atoms with van der Waals surface area (Å²) in [7, 11) is -1.54. The minimum absolute atomic E-state index is 0.00824. The maximum atomic E-state index is 11.9. The lowest BCUT2D eigenvalue weighted by molar-refractivity contribution is 0.576. The van der Waals surface area contributed by atoms with Gasteiger partial charge in [-0.2, -0.15) is 5.10 Å². The second kappa shape index (κ2) is 5.32. The molecule has 0 bridgehead atoms. The van der Waals surface area contributed by atoms with Crippen LogP contribution >= 0.6 is 0 Å². The zero-order valence-corrected chi connectivity index (χ0v) is 10.9. The van der Waals surface area contributed by atoms with Crippen LogP contribution in [0.2, 0.25) is 0 Å². The standard InChI is InChI=1S/C12H15N3O2S/c1-15-12(7-8-13-15)9-14-18(16,17)10-11-5-3-2-4-6-11/h2-8,14H,9-10H2,1H3. The SMILES string of the molecule is Cn1nccc1CNS(=O)(=O)Cc1ccccc1. The summed E-state index contributed by atoms with van der Waals surface area (Å²) in [6.07, 6.45) is 1.64. The second-order valence-corrected chi connectivity index (χ2v) is 5.82. The summed E-state index contributed by atoms with van der Waals surface area (Å²) in [5.74, 6) is -0.00824. The molecular weight excluding hydrogens is 250 g/mol. The zero-order valence-electron chi connectivity index (χ0n) is 10.1. The summed E-state index contributed by atoms with van der Waals surface area (Å²) < 4.78 is 27.9. The molecular formula is C12H15N3O2S. The van der Waals surface area contributed by atoms with Crippen molar-refractivity contribution in [3.63, 3.8) is 0 Å². The van der Waals surface area contributed by atoms with Gasteiger partial charge in [0.1, 0.15) is 0 Å². The first-order valence-electron chi connectivity index (χ1n) is 5.55. The van der Waals surface area contributed by atoms with E-state index in [1.54, 1.807) is 36.1 Å². The molecule has 0 aliphatic rings. The van der Waals surface area contributed by atoms with Gasteiger partial charge >= 0.3 is 0 Å². The summed E-state index contributed by atoms with van der Waals surface area (Å²) >= 11 is 0. The molecule has 0 saturated heterocycles. The van der Waals surface area contributed by atoms with Crippen molar-refractivity contribution in [2.24, 2.45) is 7.05 Å². The molecule has 0 aliphatic carbocycles. The molecule has 2 aromatic rings. The zero-order chi connectivity index (χ0) is 13.0. The number of sulfonamides is 1. The lowest BCUT2D eigenvalue weighted by atomic mass is 10.2.